The van der Waals surface area contributed by atoms with Gasteiger partial charge in [-0.3, -0.25) is 9.59 Å². The van der Waals surface area contributed by atoms with Crippen LogP contribution in [0.25, 0.3) is 0 Å². The van der Waals surface area contributed by atoms with E-state index in [2.05, 4.69) is 15.8 Å². The smallest absolute Gasteiger partial charge is 0.329 e. The van der Waals surface area contributed by atoms with Crippen molar-refractivity contribution >= 4 is 17.5 Å². The van der Waals surface area contributed by atoms with Crippen LogP contribution in [-0.2, 0) is 22.6 Å². The molecule has 26 heavy (non-hydrogen) atoms. The Bertz CT molecular complexity index is 756. The van der Waals surface area contributed by atoms with Crippen molar-refractivity contribution in [2.45, 2.75) is 26.3 Å². The highest BCUT2D eigenvalue weighted by atomic mass is 16.5. The number of ether oxygens (including phenoxy) is 1. The average Bonchev–Trinajstić information content (AvgIpc) is 2.69. The number of hydrazone groups is 1. The molecule has 2 aromatic carbocycles. The molecule has 0 heterocycles. The van der Waals surface area contributed by atoms with E-state index in [1.54, 1.807) is 19.2 Å². The zero-order valence-electron chi connectivity index (χ0n) is 15.0. The molecule has 6 nitrogen and oxygen atoms in total. The van der Waals surface area contributed by atoms with Crippen LogP contribution < -0.4 is 15.5 Å². The molecule has 2 N–H and O–H groups in total. The summed E-state index contributed by atoms with van der Waals surface area (Å²) in [6, 6.07) is 17.2. The first kappa shape index (κ1) is 19.2. The topological polar surface area (TPSA) is 79.8 Å². The van der Waals surface area contributed by atoms with Crippen molar-refractivity contribution in [2.24, 2.45) is 5.10 Å². The normalized spacial score (nSPS) is 10.9. The molecule has 0 saturated heterocycles. The van der Waals surface area contributed by atoms with E-state index in [1.165, 1.54) is 5.56 Å². The summed E-state index contributed by atoms with van der Waals surface area (Å²) in [5.74, 6) is -0.767. The van der Waals surface area contributed by atoms with Crippen LogP contribution in [0.1, 0.15) is 24.5 Å². The molecule has 0 aromatic heterocycles. The van der Waals surface area contributed by atoms with Gasteiger partial charge in [0, 0.05) is 12.3 Å². The minimum Gasteiger partial charge on any atom is -0.497 e. The summed E-state index contributed by atoms with van der Waals surface area (Å²) < 4.78 is 5.07. The Morgan fingerprint density at radius 2 is 1.65 bits per heavy atom. The predicted molar refractivity (Wildman–Crippen MR) is 101 cm³/mol. The number of methoxy groups -OCH3 is 1. The molecular formula is C20H23N3O3. The molecule has 0 spiro atoms. The monoisotopic (exact) mass is 353 g/mol. The summed E-state index contributed by atoms with van der Waals surface area (Å²) >= 11 is 0. The van der Waals surface area contributed by atoms with E-state index in [9.17, 15) is 9.59 Å². The maximum Gasteiger partial charge on any atom is 0.329 e. The first-order chi connectivity index (χ1) is 12.6. The van der Waals surface area contributed by atoms with E-state index >= 15 is 0 Å². The van der Waals surface area contributed by atoms with Gasteiger partial charge in [-0.25, -0.2) is 5.43 Å². The first-order valence-corrected chi connectivity index (χ1v) is 8.36. The number of nitrogens with zero attached hydrogens (tertiary/aromatic N) is 1. The molecule has 2 amide bonds. The van der Waals surface area contributed by atoms with Gasteiger partial charge in [0.05, 0.1) is 7.11 Å². The largest absolute Gasteiger partial charge is 0.497 e. The van der Waals surface area contributed by atoms with E-state index in [1.807, 2.05) is 49.4 Å². The van der Waals surface area contributed by atoms with Gasteiger partial charge in [-0.2, -0.15) is 5.10 Å². The fraction of sp³-hybridized carbons (Fsp3) is 0.250. The van der Waals surface area contributed by atoms with Crippen LogP contribution in [0.3, 0.4) is 0 Å². The lowest BCUT2D eigenvalue weighted by Gasteiger charge is -2.06. The molecule has 0 aliphatic carbocycles. The second-order valence-corrected chi connectivity index (χ2v) is 5.80. The van der Waals surface area contributed by atoms with Gasteiger partial charge in [-0.1, -0.05) is 42.5 Å². The molecule has 0 fully saturated rings. The summed E-state index contributed by atoms with van der Waals surface area (Å²) in [5.41, 5.74) is 5.11. The Morgan fingerprint density at radius 3 is 2.31 bits per heavy atom. The summed E-state index contributed by atoms with van der Waals surface area (Å²) in [7, 11) is 1.59. The van der Waals surface area contributed by atoms with Gasteiger partial charge in [0.25, 0.3) is 0 Å². The molecule has 0 atom stereocenters. The van der Waals surface area contributed by atoms with Gasteiger partial charge in [0.2, 0.25) is 0 Å². The SMILES string of the molecule is COc1ccc(CNC(=O)C(=O)N/N=C(\C)CCc2ccccc2)cc1. The van der Waals surface area contributed by atoms with Crippen LogP contribution in [0.4, 0.5) is 0 Å². The van der Waals surface area contributed by atoms with Crippen LogP contribution >= 0.6 is 0 Å². The number of hydrogen-bond donors (Lipinski definition) is 2. The van der Waals surface area contributed by atoms with E-state index in [0.29, 0.717) is 6.42 Å². The highest BCUT2D eigenvalue weighted by Gasteiger charge is 2.12. The van der Waals surface area contributed by atoms with E-state index < -0.39 is 11.8 Å². The summed E-state index contributed by atoms with van der Waals surface area (Å²) in [6.07, 6.45) is 1.54. The Kier molecular flexibility index (Phi) is 7.36. The molecule has 0 aliphatic rings. The Labute approximate surface area is 153 Å². The Morgan fingerprint density at radius 1 is 0.962 bits per heavy atom. The van der Waals surface area contributed by atoms with Crippen molar-refractivity contribution in [3.05, 3.63) is 65.7 Å². The maximum atomic E-state index is 11.8. The van der Waals surface area contributed by atoms with Crippen molar-refractivity contribution in [3.63, 3.8) is 0 Å². The number of carbonyl (C=O) groups is 2. The molecule has 0 bridgehead atoms. The van der Waals surface area contributed by atoms with Crippen molar-refractivity contribution in [1.82, 2.24) is 10.7 Å². The standard InChI is InChI=1S/C20H23N3O3/c1-15(8-9-16-6-4-3-5-7-16)22-23-20(25)19(24)21-14-17-10-12-18(26-2)13-11-17/h3-7,10-13H,8-9,14H2,1-2H3,(H,21,24)(H,23,25)/b22-15+. The van der Waals surface area contributed by atoms with Crippen LogP contribution in [0.15, 0.2) is 59.7 Å². The first-order valence-electron chi connectivity index (χ1n) is 8.36. The summed E-state index contributed by atoms with van der Waals surface area (Å²) in [5, 5.41) is 6.53. The van der Waals surface area contributed by atoms with Gasteiger partial charge in [0.15, 0.2) is 0 Å². The second kappa shape index (κ2) is 9.98. The average molecular weight is 353 g/mol. The predicted octanol–water partition coefficient (Wildman–Crippen LogP) is 2.44. The summed E-state index contributed by atoms with van der Waals surface area (Å²) in [4.78, 5) is 23.6. The van der Waals surface area contributed by atoms with E-state index in [4.69, 9.17) is 4.74 Å². The fourth-order valence-corrected chi connectivity index (χ4v) is 2.23. The quantitative estimate of drug-likeness (QED) is 0.456. The maximum absolute atomic E-state index is 11.8. The molecular weight excluding hydrogens is 330 g/mol. The van der Waals surface area contributed by atoms with Crippen molar-refractivity contribution < 1.29 is 14.3 Å². The minimum atomic E-state index is -0.780. The third kappa shape index (κ3) is 6.39. The number of hydrogen-bond acceptors (Lipinski definition) is 4. The number of amides is 2. The van der Waals surface area contributed by atoms with Crippen molar-refractivity contribution in [1.29, 1.82) is 0 Å². The lowest BCUT2D eigenvalue weighted by Crippen LogP contribution is -2.37. The van der Waals surface area contributed by atoms with Gasteiger partial charge in [-0.05, 0) is 43.0 Å². The van der Waals surface area contributed by atoms with Crippen LogP contribution in [0.2, 0.25) is 0 Å². The van der Waals surface area contributed by atoms with Gasteiger partial charge in [0.1, 0.15) is 5.75 Å². The molecule has 2 rings (SSSR count). The number of benzene rings is 2. The summed E-state index contributed by atoms with van der Waals surface area (Å²) in [6.45, 7) is 2.07. The molecule has 6 heteroatoms. The molecule has 136 valence electrons. The lowest BCUT2D eigenvalue weighted by molar-refractivity contribution is -0.139. The number of nitrogens with one attached hydrogen (secondary N) is 2. The molecule has 0 aliphatic heterocycles. The number of aryl methyl sites for hydroxylation is 1. The molecule has 0 radical (unpaired) electrons. The van der Waals surface area contributed by atoms with Gasteiger partial charge in [-0.15, -0.1) is 0 Å². The molecule has 0 saturated carbocycles. The molecule has 2 aromatic rings. The van der Waals surface area contributed by atoms with E-state index in [-0.39, 0.29) is 6.54 Å². The van der Waals surface area contributed by atoms with E-state index in [0.717, 1.165) is 23.4 Å². The zero-order valence-corrected chi connectivity index (χ0v) is 15.0. The Hall–Kier alpha value is -3.15. The zero-order chi connectivity index (χ0) is 18.8. The van der Waals surface area contributed by atoms with Gasteiger partial charge >= 0.3 is 11.8 Å². The van der Waals surface area contributed by atoms with Crippen LogP contribution in [0.5, 0.6) is 5.75 Å². The number of carbonyl (C=O) groups excluding carboxylic acids is 2. The van der Waals surface area contributed by atoms with Crippen LogP contribution in [-0.4, -0.2) is 24.6 Å². The van der Waals surface area contributed by atoms with Gasteiger partial charge < -0.3 is 10.1 Å². The Balaban J connectivity index is 1.74. The van der Waals surface area contributed by atoms with Crippen molar-refractivity contribution in [2.75, 3.05) is 7.11 Å². The van der Waals surface area contributed by atoms with Crippen LogP contribution in [0, 0.1) is 0 Å². The highest BCUT2D eigenvalue weighted by molar-refractivity contribution is 6.35. The fourth-order valence-electron chi connectivity index (χ4n) is 2.23. The third-order valence-electron chi connectivity index (χ3n) is 3.78. The molecule has 0 unspecified atom stereocenters. The van der Waals surface area contributed by atoms with Crippen molar-refractivity contribution in [3.8, 4) is 5.75 Å². The second-order valence-electron chi connectivity index (χ2n) is 5.80. The lowest BCUT2D eigenvalue weighted by atomic mass is 10.1. The number of rotatable bonds is 7. The highest BCUT2D eigenvalue weighted by Crippen LogP contribution is 2.10. The minimum absolute atomic E-state index is 0.257. The third-order valence-corrected chi connectivity index (χ3v) is 3.78.